The number of nitrogens with two attached hydrogens (primary N) is 1. The maximum absolute atomic E-state index is 5.79. The van der Waals surface area contributed by atoms with Crippen molar-refractivity contribution >= 4 is 14.0 Å². The highest BCUT2D eigenvalue weighted by Crippen LogP contribution is 2.14. The third kappa shape index (κ3) is 3.61. The van der Waals surface area contributed by atoms with E-state index in [4.69, 9.17) is 10.2 Å². The molecule has 1 aromatic carbocycles. The lowest BCUT2D eigenvalue weighted by Gasteiger charge is -2.17. The lowest BCUT2D eigenvalue weighted by Crippen LogP contribution is -2.25. The minimum absolute atomic E-state index is 0.641. The molecule has 0 atom stereocenters. The molecule has 0 aromatic heterocycles. The molecule has 0 saturated heterocycles. The van der Waals surface area contributed by atoms with Gasteiger partial charge in [-0.05, 0) is 31.3 Å². The van der Waals surface area contributed by atoms with Crippen LogP contribution in [-0.2, 0) is 11.0 Å². The molecular weight excluding hydrogens is 178 g/mol. The molecule has 0 aliphatic heterocycles. The summed E-state index contributed by atoms with van der Waals surface area (Å²) in [5.41, 5.74) is 7.69. The number of hydrogen-bond donors (Lipinski definition) is 1. The Bertz CT molecular complexity index is 280. The van der Waals surface area contributed by atoms with Crippen LogP contribution in [-0.4, -0.2) is 8.32 Å². The molecule has 1 rings (SSSR count). The normalized spacial score (nSPS) is 11.6. The van der Waals surface area contributed by atoms with Gasteiger partial charge in [-0.1, -0.05) is 18.2 Å². The quantitative estimate of drug-likeness (QED) is 0.594. The van der Waals surface area contributed by atoms with Gasteiger partial charge in [0, 0.05) is 5.69 Å². The molecule has 0 fully saturated rings. The van der Waals surface area contributed by atoms with Crippen LogP contribution in [0.25, 0.3) is 0 Å². The fourth-order valence-electron chi connectivity index (χ4n) is 0.960. The molecule has 0 radical (unpaired) electrons. The largest absolute Gasteiger partial charge is 0.413 e. The van der Waals surface area contributed by atoms with Crippen molar-refractivity contribution in [2.75, 3.05) is 5.73 Å². The summed E-state index contributed by atoms with van der Waals surface area (Å²) in [4.78, 5) is 0. The molecular formula is C10H17NOSi. The molecule has 0 amide bonds. The van der Waals surface area contributed by atoms with Gasteiger partial charge in [-0.25, -0.2) is 0 Å². The molecule has 1 aromatic rings. The van der Waals surface area contributed by atoms with Gasteiger partial charge in [0.05, 0.1) is 6.61 Å². The van der Waals surface area contributed by atoms with Gasteiger partial charge in [-0.15, -0.1) is 0 Å². The Morgan fingerprint density at radius 2 is 1.85 bits per heavy atom. The van der Waals surface area contributed by atoms with E-state index in [-0.39, 0.29) is 0 Å². The van der Waals surface area contributed by atoms with E-state index in [0.29, 0.717) is 6.61 Å². The summed E-state index contributed by atoms with van der Waals surface area (Å²) in [6.07, 6.45) is 0. The van der Waals surface area contributed by atoms with Crippen molar-refractivity contribution in [1.82, 2.24) is 0 Å². The van der Waals surface area contributed by atoms with E-state index in [1.165, 1.54) is 0 Å². The highest BCUT2D eigenvalue weighted by Gasteiger charge is 2.14. The second-order valence-electron chi connectivity index (χ2n) is 4.10. The average Bonchev–Trinajstić information content (AvgIpc) is 2.01. The highest BCUT2D eigenvalue weighted by molar-refractivity contribution is 6.69. The summed E-state index contributed by atoms with van der Waals surface area (Å²) in [5.74, 6) is 0. The minimum atomic E-state index is -1.42. The van der Waals surface area contributed by atoms with Gasteiger partial charge in [-0.2, -0.15) is 0 Å². The second-order valence-corrected chi connectivity index (χ2v) is 8.61. The van der Waals surface area contributed by atoms with Crippen LogP contribution < -0.4 is 5.73 Å². The molecule has 13 heavy (non-hydrogen) atoms. The van der Waals surface area contributed by atoms with E-state index < -0.39 is 8.32 Å². The predicted molar refractivity (Wildman–Crippen MR) is 59.0 cm³/mol. The van der Waals surface area contributed by atoms with Crippen molar-refractivity contribution in [3.05, 3.63) is 29.8 Å². The monoisotopic (exact) mass is 195 g/mol. The summed E-state index contributed by atoms with van der Waals surface area (Å²) < 4.78 is 5.76. The first-order chi connectivity index (χ1) is 5.99. The molecule has 3 heteroatoms. The van der Waals surface area contributed by atoms with E-state index in [9.17, 15) is 0 Å². The van der Waals surface area contributed by atoms with Gasteiger partial charge in [0.25, 0.3) is 0 Å². The Kier molecular flexibility index (Phi) is 3.11. The SMILES string of the molecule is C[Si](C)(C)OCc1ccccc1N. The summed E-state index contributed by atoms with van der Waals surface area (Å²) in [7, 11) is -1.42. The minimum Gasteiger partial charge on any atom is -0.413 e. The summed E-state index contributed by atoms with van der Waals surface area (Å²) in [6, 6.07) is 7.84. The van der Waals surface area contributed by atoms with Crippen LogP contribution in [0.2, 0.25) is 19.6 Å². The number of rotatable bonds is 3. The zero-order valence-electron chi connectivity index (χ0n) is 8.50. The molecule has 0 heterocycles. The Labute approximate surface area is 80.8 Å². The first-order valence-electron chi connectivity index (χ1n) is 4.46. The topological polar surface area (TPSA) is 35.2 Å². The van der Waals surface area contributed by atoms with Gasteiger partial charge >= 0.3 is 0 Å². The molecule has 0 bridgehead atoms. The molecule has 0 unspecified atom stereocenters. The van der Waals surface area contributed by atoms with Crippen molar-refractivity contribution in [2.24, 2.45) is 0 Å². The summed E-state index contributed by atoms with van der Waals surface area (Å²) in [5, 5.41) is 0. The molecule has 0 saturated carbocycles. The number of anilines is 1. The zero-order valence-corrected chi connectivity index (χ0v) is 9.50. The van der Waals surface area contributed by atoms with Crippen molar-refractivity contribution in [2.45, 2.75) is 26.2 Å². The predicted octanol–water partition coefficient (Wildman–Crippen LogP) is 2.62. The zero-order chi connectivity index (χ0) is 9.90. The Morgan fingerprint density at radius 3 is 2.38 bits per heavy atom. The van der Waals surface area contributed by atoms with Gasteiger partial charge in [0.15, 0.2) is 8.32 Å². The maximum atomic E-state index is 5.79. The highest BCUT2D eigenvalue weighted by atomic mass is 28.4. The van der Waals surface area contributed by atoms with Gasteiger partial charge in [0.1, 0.15) is 0 Å². The molecule has 0 spiro atoms. The first-order valence-corrected chi connectivity index (χ1v) is 7.87. The molecule has 72 valence electrons. The van der Waals surface area contributed by atoms with Crippen molar-refractivity contribution in [3.8, 4) is 0 Å². The number of hydrogen-bond acceptors (Lipinski definition) is 2. The van der Waals surface area contributed by atoms with Crippen molar-refractivity contribution in [3.63, 3.8) is 0 Å². The second kappa shape index (κ2) is 3.94. The van der Waals surface area contributed by atoms with Crippen LogP contribution in [0, 0.1) is 0 Å². The maximum Gasteiger partial charge on any atom is 0.184 e. The fraction of sp³-hybridized carbons (Fsp3) is 0.400. The number of benzene rings is 1. The van der Waals surface area contributed by atoms with Crippen molar-refractivity contribution in [1.29, 1.82) is 0 Å². The van der Waals surface area contributed by atoms with Crippen LogP contribution in [0.1, 0.15) is 5.56 Å². The smallest absolute Gasteiger partial charge is 0.184 e. The lowest BCUT2D eigenvalue weighted by molar-refractivity contribution is 0.300. The van der Waals surface area contributed by atoms with Gasteiger partial charge in [-0.3, -0.25) is 0 Å². The third-order valence-corrected chi connectivity index (χ3v) is 2.73. The Morgan fingerprint density at radius 1 is 1.23 bits per heavy atom. The molecule has 2 N–H and O–H groups in total. The van der Waals surface area contributed by atoms with E-state index in [2.05, 4.69) is 19.6 Å². The standard InChI is InChI=1S/C10H17NOSi/c1-13(2,3)12-8-9-6-4-5-7-10(9)11/h4-7H,8,11H2,1-3H3. The van der Waals surface area contributed by atoms with Crippen molar-refractivity contribution < 1.29 is 4.43 Å². The van der Waals surface area contributed by atoms with Gasteiger partial charge < -0.3 is 10.2 Å². The number of nitrogen functional groups attached to an aromatic ring is 1. The van der Waals surface area contributed by atoms with E-state index in [1.807, 2.05) is 24.3 Å². The lowest BCUT2D eigenvalue weighted by atomic mass is 10.2. The third-order valence-electron chi connectivity index (χ3n) is 1.72. The van der Waals surface area contributed by atoms with E-state index in [1.54, 1.807) is 0 Å². The Balaban J connectivity index is 2.60. The van der Waals surface area contributed by atoms with Crippen LogP contribution in [0.3, 0.4) is 0 Å². The Hall–Kier alpha value is -0.803. The summed E-state index contributed by atoms with van der Waals surface area (Å²) >= 11 is 0. The van der Waals surface area contributed by atoms with Gasteiger partial charge in [0.2, 0.25) is 0 Å². The summed E-state index contributed by atoms with van der Waals surface area (Å²) in [6.45, 7) is 7.16. The number of para-hydroxylation sites is 1. The molecule has 0 aliphatic carbocycles. The first kappa shape index (κ1) is 10.3. The van der Waals surface area contributed by atoms with E-state index >= 15 is 0 Å². The average molecular weight is 195 g/mol. The fourth-order valence-corrected chi connectivity index (χ4v) is 1.55. The molecule has 0 aliphatic rings. The van der Waals surface area contributed by atoms with Crippen LogP contribution in [0.4, 0.5) is 5.69 Å². The van der Waals surface area contributed by atoms with E-state index in [0.717, 1.165) is 11.3 Å². The van der Waals surface area contributed by atoms with Crippen LogP contribution in [0.5, 0.6) is 0 Å². The van der Waals surface area contributed by atoms with Crippen LogP contribution >= 0.6 is 0 Å². The molecule has 2 nitrogen and oxygen atoms in total. The van der Waals surface area contributed by atoms with Crippen LogP contribution in [0.15, 0.2) is 24.3 Å².